The number of hydrogen-bond donors (Lipinski definition) is 4. The molecule has 16 nitrogen and oxygen atoms in total. The van der Waals surface area contributed by atoms with Gasteiger partial charge in [-0.3, -0.25) is 24.1 Å². The van der Waals surface area contributed by atoms with Gasteiger partial charge in [-0.25, -0.2) is 4.98 Å². The van der Waals surface area contributed by atoms with Crippen LogP contribution in [0.5, 0.6) is 11.5 Å². The second-order valence-electron chi connectivity index (χ2n) is 18.2. The van der Waals surface area contributed by atoms with E-state index >= 15 is 0 Å². The van der Waals surface area contributed by atoms with Crippen molar-refractivity contribution in [3.63, 3.8) is 0 Å². The Labute approximate surface area is 420 Å². The Kier molecular flexibility index (Phi) is 18.0. The van der Waals surface area contributed by atoms with Gasteiger partial charge in [0.1, 0.15) is 23.4 Å². The van der Waals surface area contributed by atoms with Crippen LogP contribution in [0.1, 0.15) is 61.7 Å². The van der Waals surface area contributed by atoms with Crippen molar-refractivity contribution in [1.29, 1.82) is 0 Å². The van der Waals surface area contributed by atoms with Crippen molar-refractivity contribution in [1.82, 2.24) is 35.3 Å². The number of hydrogen-bond acceptors (Lipinski definition) is 10. The topological polar surface area (TPSA) is 194 Å². The molecule has 20 heteroatoms. The number of alkyl halides is 2. The number of piperidine rings is 1. The fourth-order valence-corrected chi connectivity index (χ4v) is 9.43. The average molecular weight is 1020 g/mol. The number of nitrogens with zero attached hydrogens (tertiary/aromatic N) is 5. The molecular formula is C51H58Cl2F2N8O8. The summed E-state index contributed by atoms with van der Waals surface area (Å²) < 4.78 is 40.7. The summed E-state index contributed by atoms with van der Waals surface area (Å²) in [4.78, 5) is 62.8. The number of likely N-dealkylation sites (tertiary alicyclic amines) is 2. The molecular weight excluding hydrogens is 962 g/mol. The molecule has 4 atom stereocenters. The first-order valence-electron chi connectivity index (χ1n) is 23.5. The van der Waals surface area contributed by atoms with Crippen molar-refractivity contribution in [2.24, 2.45) is 13.0 Å². The number of aromatic nitrogens is 3. The monoisotopic (exact) mass is 1020 g/mol. The smallest absolute Gasteiger partial charge is 0.345 e. The van der Waals surface area contributed by atoms with E-state index < -0.39 is 66.9 Å². The van der Waals surface area contributed by atoms with Crippen LogP contribution in [0.4, 0.5) is 8.78 Å². The number of nitrogens with one attached hydrogen (secondary N) is 3. The van der Waals surface area contributed by atoms with Gasteiger partial charge >= 0.3 is 12.6 Å². The van der Waals surface area contributed by atoms with Crippen molar-refractivity contribution in [3.05, 3.63) is 135 Å². The zero-order chi connectivity index (χ0) is 50.7. The maximum Gasteiger partial charge on any atom is 0.345 e. The minimum atomic E-state index is -3.26. The molecule has 0 radical (unpaired) electrons. The van der Waals surface area contributed by atoms with Crippen LogP contribution in [0.15, 0.2) is 97.3 Å². The predicted octanol–water partition coefficient (Wildman–Crippen LogP) is 6.67. The van der Waals surface area contributed by atoms with Gasteiger partial charge < -0.3 is 45.2 Å². The Balaban J connectivity index is 1.03. The van der Waals surface area contributed by atoms with Crippen molar-refractivity contribution < 1.29 is 47.3 Å². The van der Waals surface area contributed by atoms with Crippen LogP contribution < -0.4 is 25.4 Å². The molecule has 3 aromatic carbocycles. The lowest BCUT2D eigenvalue weighted by molar-refractivity contribution is -0.614. The Morgan fingerprint density at radius 3 is 2.38 bits per heavy atom. The van der Waals surface area contributed by atoms with Crippen molar-refractivity contribution >= 4 is 46.9 Å². The molecule has 0 unspecified atom stereocenters. The number of carbonyl (C=O) groups excluding carboxylic acids is 3. The van der Waals surface area contributed by atoms with Gasteiger partial charge in [-0.1, -0.05) is 47.5 Å². The third kappa shape index (κ3) is 14.5. The van der Waals surface area contributed by atoms with Gasteiger partial charge in [0.2, 0.25) is 17.7 Å². The standard InChI is InChI=1S/C51H58Cl2F2N8O8/c1-33(56-28-36-11-16-39(53)26-44(36)71-41-17-12-35(13-18-41)43-29-57-45(60(43)2)30-61-20-5-6-21-61)47(66)58-42(31-70-50(54)55)48(67)59-51(27-34-9-14-38(52)15-10-34)19-7-22-62(32-51)49(68)37(25-46(64)65)24-40-8-3-4-23-63(40)69/h3-4,8-18,23,26,29,33,37,42,50,56H,5-7,19-22,24-25,27-28,30-32H2,1-2H3,(H,58,66)(H,59,67)(H,64,65)/t33-,37+,42-,51+/m0/s1. The molecule has 2 fully saturated rings. The number of carboxylic acid groups (broad SMARTS) is 1. The number of halogens is 4. The first-order chi connectivity index (χ1) is 34.0. The lowest BCUT2D eigenvalue weighted by Crippen LogP contribution is -2.65. The summed E-state index contributed by atoms with van der Waals surface area (Å²) in [6.07, 6.45) is 5.66. The van der Waals surface area contributed by atoms with Gasteiger partial charge in [-0.2, -0.15) is 13.5 Å². The average Bonchev–Trinajstić information content (AvgIpc) is 4.00. The number of aliphatic carboxylic acids is 1. The predicted molar refractivity (Wildman–Crippen MR) is 262 cm³/mol. The Morgan fingerprint density at radius 2 is 1.68 bits per heavy atom. The summed E-state index contributed by atoms with van der Waals surface area (Å²) in [6, 6.07) is 21.6. The Bertz CT molecular complexity index is 2640. The molecule has 71 heavy (non-hydrogen) atoms. The molecule has 0 saturated carbocycles. The van der Waals surface area contributed by atoms with Crippen LogP contribution in [-0.4, -0.2) is 105 Å². The number of imidazole rings is 1. The number of benzene rings is 3. The third-order valence-corrected chi connectivity index (χ3v) is 13.4. The van der Waals surface area contributed by atoms with Crippen LogP contribution in [-0.2, 0) is 56.9 Å². The van der Waals surface area contributed by atoms with Crippen molar-refractivity contribution in [2.45, 2.75) is 89.2 Å². The molecule has 4 N–H and O–H groups in total. The molecule has 378 valence electrons. The van der Waals surface area contributed by atoms with Gasteiger partial charge in [0.25, 0.3) is 0 Å². The molecule has 2 aromatic heterocycles. The highest BCUT2D eigenvalue weighted by atomic mass is 35.5. The Hall–Kier alpha value is -6.18. The van der Waals surface area contributed by atoms with E-state index in [0.717, 1.165) is 42.3 Å². The molecule has 2 saturated heterocycles. The molecule has 5 aromatic rings. The van der Waals surface area contributed by atoms with E-state index in [1.54, 1.807) is 55.5 Å². The van der Waals surface area contributed by atoms with Gasteiger partial charge in [0, 0.05) is 66.4 Å². The van der Waals surface area contributed by atoms with Crippen LogP contribution in [0.2, 0.25) is 10.0 Å². The minimum Gasteiger partial charge on any atom is -0.619 e. The zero-order valence-corrected chi connectivity index (χ0v) is 41.0. The minimum absolute atomic E-state index is 0.101. The second-order valence-corrected chi connectivity index (χ2v) is 19.1. The maximum atomic E-state index is 14.3. The summed E-state index contributed by atoms with van der Waals surface area (Å²) in [5.74, 6) is -2.47. The first kappa shape index (κ1) is 52.6. The highest BCUT2D eigenvalue weighted by molar-refractivity contribution is 6.31. The fourth-order valence-electron chi connectivity index (χ4n) is 9.14. The molecule has 3 amide bonds. The lowest BCUT2D eigenvalue weighted by Gasteiger charge is -2.45. The van der Waals surface area contributed by atoms with E-state index in [4.69, 9.17) is 27.9 Å². The zero-order valence-electron chi connectivity index (χ0n) is 39.5. The van der Waals surface area contributed by atoms with E-state index in [1.165, 1.54) is 36.1 Å². The SMILES string of the molecule is C[C@H](NCc1ccc(Cl)cc1Oc1ccc(-c2cnc(CN3CCCC3)n2C)cc1)C(=O)N[C@@H](COC(F)F)C(=O)N[C@@]1(Cc2ccc(Cl)cc2)CCCN(C(=O)[C@@H](CC(=O)O)Cc2cccc[n+]2[O-])C1. The summed E-state index contributed by atoms with van der Waals surface area (Å²) in [7, 11) is 2.01. The molecule has 0 bridgehead atoms. The molecule has 7 rings (SSSR count). The van der Waals surface area contributed by atoms with Crippen LogP contribution >= 0.6 is 23.2 Å². The second kappa shape index (κ2) is 24.3. The molecule has 2 aliphatic rings. The van der Waals surface area contributed by atoms with Crippen LogP contribution in [0.3, 0.4) is 0 Å². The van der Waals surface area contributed by atoms with Gasteiger partial charge in [0.05, 0.1) is 49.0 Å². The Morgan fingerprint density at radius 1 is 0.944 bits per heavy atom. The van der Waals surface area contributed by atoms with Crippen LogP contribution in [0.25, 0.3) is 11.3 Å². The number of amides is 3. The highest BCUT2D eigenvalue weighted by Crippen LogP contribution is 2.32. The highest BCUT2D eigenvalue weighted by Gasteiger charge is 2.42. The molecule has 0 spiro atoms. The van der Waals surface area contributed by atoms with Crippen molar-refractivity contribution in [2.75, 3.05) is 32.8 Å². The first-order valence-corrected chi connectivity index (χ1v) is 24.3. The van der Waals surface area contributed by atoms with Crippen LogP contribution in [0, 0.1) is 11.1 Å². The van der Waals surface area contributed by atoms with E-state index in [1.807, 2.05) is 37.5 Å². The fraction of sp³-hybridized carbons (Fsp3) is 0.412. The molecule has 4 heterocycles. The van der Waals surface area contributed by atoms with Crippen molar-refractivity contribution in [3.8, 4) is 22.8 Å². The maximum absolute atomic E-state index is 14.3. The van der Waals surface area contributed by atoms with E-state index in [0.29, 0.717) is 44.7 Å². The summed E-state index contributed by atoms with van der Waals surface area (Å²) >= 11 is 12.6. The van der Waals surface area contributed by atoms with Gasteiger partial charge in [0.15, 0.2) is 11.9 Å². The molecule has 0 aliphatic carbocycles. The quantitative estimate of drug-likeness (QED) is 0.0428. The number of pyridine rings is 1. The summed E-state index contributed by atoms with van der Waals surface area (Å²) in [5.41, 5.74) is 2.28. The lowest BCUT2D eigenvalue weighted by atomic mass is 9.82. The van der Waals surface area contributed by atoms with Gasteiger partial charge in [-0.05, 0) is 106 Å². The summed E-state index contributed by atoms with van der Waals surface area (Å²) in [5, 5.41) is 31.9. The van der Waals surface area contributed by atoms with E-state index in [9.17, 15) is 38.3 Å². The number of ether oxygens (including phenoxy) is 2. The molecule has 2 aliphatic heterocycles. The normalized spacial score (nSPS) is 17.4. The number of rotatable bonds is 22. The van der Waals surface area contributed by atoms with E-state index in [2.05, 4.69) is 35.1 Å². The number of carbonyl (C=O) groups is 4. The number of carboxylic acids is 1. The van der Waals surface area contributed by atoms with E-state index in [-0.39, 0.29) is 38.2 Å². The van der Waals surface area contributed by atoms with Gasteiger partial charge in [-0.15, -0.1) is 0 Å². The third-order valence-electron chi connectivity index (χ3n) is 12.9. The summed E-state index contributed by atoms with van der Waals surface area (Å²) in [6.45, 7) is 0.566. The largest absolute Gasteiger partial charge is 0.619 e.